The SMILES string of the molecule is CCOc1nc(N)nc2c1ncn2[C@@H]1O[C@]2(F)C(OP(=O)(OCOC(=O)OC(C)C)OCOC(=O)OC(C)C)[C@]2(O)[C@@]1(C)F. The third kappa shape index (κ3) is 6.09. The largest absolute Gasteiger partial charge is 0.510 e. The molecule has 5 atom stereocenters. The van der Waals surface area contributed by atoms with Crippen LogP contribution in [-0.4, -0.2) is 92.6 Å². The van der Waals surface area contributed by atoms with Gasteiger partial charge in [-0.25, -0.2) is 37.0 Å². The number of hydrogen-bond donors (Lipinski definition) is 2. The Morgan fingerprint density at radius 1 is 1.11 bits per heavy atom. The molecule has 0 radical (unpaired) electrons. The number of nitrogens with two attached hydrogens (primary N) is 1. The zero-order valence-corrected chi connectivity index (χ0v) is 25.3. The van der Waals surface area contributed by atoms with Crippen molar-refractivity contribution in [1.29, 1.82) is 0 Å². The van der Waals surface area contributed by atoms with Gasteiger partial charge in [-0.05, 0) is 41.5 Å². The van der Waals surface area contributed by atoms with E-state index in [0.29, 0.717) is 0 Å². The van der Waals surface area contributed by atoms with E-state index in [1.807, 2.05) is 0 Å². The van der Waals surface area contributed by atoms with Crippen LogP contribution in [0.3, 0.4) is 0 Å². The number of carbonyl (C=O) groups is 2. The van der Waals surface area contributed by atoms with Crippen LogP contribution in [0.2, 0.25) is 0 Å². The van der Waals surface area contributed by atoms with Gasteiger partial charge in [0.05, 0.1) is 25.1 Å². The van der Waals surface area contributed by atoms with E-state index >= 15 is 8.78 Å². The molecule has 44 heavy (non-hydrogen) atoms. The van der Waals surface area contributed by atoms with Crippen LogP contribution < -0.4 is 10.5 Å². The number of ether oxygens (including phenoxy) is 6. The molecule has 2 fully saturated rings. The van der Waals surface area contributed by atoms with Crippen molar-refractivity contribution >= 4 is 37.2 Å². The quantitative estimate of drug-likeness (QED) is 0.180. The first-order chi connectivity index (χ1) is 20.5. The van der Waals surface area contributed by atoms with Gasteiger partial charge in [-0.15, -0.1) is 0 Å². The zero-order valence-electron chi connectivity index (χ0n) is 24.4. The highest BCUT2D eigenvalue weighted by Crippen LogP contribution is 2.73. The Labute approximate surface area is 248 Å². The maximum Gasteiger partial charge on any atom is 0.510 e. The average Bonchev–Trinajstić information content (AvgIpc) is 3.14. The third-order valence-corrected chi connectivity index (χ3v) is 7.57. The molecule has 1 aliphatic carbocycles. The first-order valence-electron chi connectivity index (χ1n) is 13.1. The lowest BCUT2D eigenvalue weighted by atomic mass is 9.97. The number of nitrogens with zero attached hydrogens (tertiary/aromatic N) is 4. The van der Waals surface area contributed by atoms with Crippen LogP contribution in [0.15, 0.2) is 6.33 Å². The summed E-state index contributed by atoms with van der Waals surface area (Å²) in [5, 5.41) is 11.2. The summed E-state index contributed by atoms with van der Waals surface area (Å²) in [6, 6.07) is 0. The third-order valence-electron chi connectivity index (χ3n) is 6.26. The number of anilines is 1. The maximum absolute atomic E-state index is 16.4. The van der Waals surface area contributed by atoms with Gasteiger partial charge >= 0.3 is 20.1 Å². The Hall–Kier alpha value is -3.42. The minimum atomic E-state index is -5.11. The number of hydrogen-bond acceptors (Lipinski definition) is 17. The minimum absolute atomic E-state index is 0.0263. The number of aromatic nitrogens is 4. The number of rotatable bonds is 13. The Bertz CT molecular complexity index is 1410. The Kier molecular flexibility index (Phi) is 9.26. The summed E-state index contributed by atoms with van der Waals surface area (Å²) in [5.74, 6) is -3.63. The van der Waals surface area contributed by atoms with E-state index in [9.17, 15) is 19.3 Å². The second kappa shape index (κ2) is 12.2. The fourth-order valence-electron chi connectivity index (χ4n) is 4.31. The Morgan fingerprint density at radius 3 is 2.16 bits per heavy atom. The van der Waals surface area contributed by atoms with Gasteiger partial charge in [-0.3, -0.25) is 9.09 Å². The smallest absolute Gasteiger partial charge is 0.476 e. The van der Waals surface area contributed by atoms with E-state index in [1.165, 1.54) is 27.7 Å². The van der Waals surface area contributed by atoms with Gasteiger partial charge in [0.1, 0.15) is 0 Å². The number of halogens is 2. The molecule has 1 aliphatic heterocycles. The predicted octanol–water partition coefficient (Wildman–Crippen LogP) is 3.04. The van der Waals surface area contributed by atoms with Gasteiger partial charge in [0, 0.05) is 0 Å². The number of aliphatic hydroxyl groups is 1. The van der Waals surface area contributed by atoms with Crippen molar-refractivity contribution in [1.82, 2.24) is 19.5 Å². The molecule has 0 spiro atoms. The van der Waals surface area contributed by atoms with Crippen LogP contribution in [0, 0.1) is 0 Å². The first kappa shape index (κ1) is 33.5. The van der Waals surface area contributed by atoms with Crippen LogP contribution in [0.25, 0.3) is 11.2 Å². The molecule has 3 N–H and O–H groups in total. The van der Waals surface area contributed by atoms with Crippen molar-refractivity contribution in [2.75, 3.05) is 25.9 Å². The average molecular weight is 656 g/mol. The summed E-state index contributed by atoms with van der Waals surface area (Å²) >= 11 is 0. The molecule has 4 rings (SSSR count). The summed E-state index contributed by atoms with van der Waals surface area (Å²) in [5.41, 5.74) is -0.454. The number of nitrogen functional groups attached to an aromatic ring is 1. The van der Waals surface area contributed by atoms with E-state index in [2.05, 4.69) is 24.4 Å². The fraction of sp³-hybridized carbons (Fsp3) is 0.696. The van der Waals surface area contributed by atoms with Gasteiger partial charge in [-0.2, -0.15) is 9.97 Å². The maximum atomic E-state index is 16.4. The summed E-state index contributed by atoms with van der Waals surface area (Å²) in [4.78, 5) is 35.3. The number of fused-ring (bicyclic) bond motifs is 2. The molecule has 18 nitrogen and oxygen atoms in total. The highest BCUT2D eigenvalue weighted by Gasteiger charge is 2.96. The normalized spacial score (nSPS) is 27.8. The highest BCUT2D eigenvalue weighted by molar-refractivity contribution is 7.48. The summed E-state index contributed by atoms with van der Waals surface area (Å²) in [7, 11) is -5.11. The molecule has 1 saturated carbocycles. The van der Waals surface area contributed by atoms with Gasteiger partial charge < -0.3 is 39.3 Å². The first-order valence-corrected chi connectivity index (χ1v) is 14.6. The van der Waals surface area contributed by atoms with Crippen molar-refractivity contribution in [3.63, 3.8) is 0 Å². The minimum Gasteiger partial charge on any atom is -0.476 e. The molecule has 2 aliphatic rings. The molecule has 0 amide bonds. The lowest BCUT2D eigenvalue weighted by molar-refractivity contribution is -0.160. The molecule has 246 valence electrons. The lowest BCUT2D eigenvalue weighted by Gasteiger charge is -2.30. The van der Waals surface area contributed by atoms with Crippen molar-refractivity contribution < 1.29 is 70.0 Å². The Morgan fingerprint density at radius 2 is 1.68 bits per heavy atom. The van der Waals surface area contributed by atoms with Crippen molar-refractivity contribution in [2.24, 2.45) is 0 Å². The van der Waals surface area contributed by atoms with Crippen LogP contribution >= 0.6 is 7.82 Å². The van der Waals surface area contributed by atoms with Gasteiger partial charge in [0.15, 0.2) is 34.8 Å². The van der Waals surface area contributed by atoms with Crippen LogP contribution in [-0.2, 0) is 41.8 Å². The molecule has 21 heteroatoms. The van der Waals surface area contributed by atoms with Crippen molar-refractivity contribution in [3.8, 4) is 5.88 Å². The summed E-state index contributed by atoms with van der Waals surface area (Å²) < 4.78 is 90.9. The number of phosphoric acid groups is 1. The molecule has 1 saturated heterocycles. The van der Waals surface area contributed by atoms with Crippen molar-refractivity contribution in [2.45, 2.75) is 83.2 Å². The van der Waals surface area contributed by atoms with E-state index in [4.69, 9.17) is 38.3 Å². The number of alkyl halides is 2. The number of imidazole rings is 1. The second-order valence-corrected chi connectivity index (χ2v) is 11.8. The molecule has 2 aromatic rings. The standard InChI is InChI=1S/C23H32F2N5O13P/c1-7-35-15-13-14(28-18(26)29-15)30(8-27-13)17-21(6,24)22(33)16(23(22,25)42-17)43-44(34,38-9-36-19(31)40-11(2)3)39-10-37-20(32)41-12(4)5/h8,11-12,16-17,33H,7,9-10H2,1-6H3,(H2,26,28,29)/t16?,17-,21+,22+,23-/m1/s1. The summed E-state index contributed by atoms with van der Waals surface area (Å²) in [6.45, 7) is 6.47. The van der Waals surface area contributed by atoms with E-state index in [-0.39, 0.29) is 29.6 Å². The van der Waals surface area contributed by atoms with Crippen LogP contribution in [0.5, 0.6) is 5.88 Å². The van der Waals surface area contributed by atoms with Crippen LogP contribution in [0.1, 0.15) is 47.8 Å². The van der Waals surface area contributed by atoms with Gasteiger partial charge in [-0.1, -0.05) is 0 Å². The highest BCUT2D eigenvalue weighted by atomic mass is 31.2. The monoisotopic (exact) mass is 655 g/mol. The molecule has 0 bridgehead atoms. The van der Waals surface area contributed by atoms with E-state index in [0.717, 1.165) is 17.8 Å². The summed E-state index contributed by atoms with van der Waals surface area (Å²) in [6.07, 6.45) is -6.82. The molecule has 1 unspecified atom stereocenters. The molecule has 0 aromatic carbocycles. The van der Waals surface area contributed by atoms with E-state index < -0.39 is 75.4 Å². The molecular formula is C23H32F2N5O13P. The topological polar surface area (TPSA) is 224 Å². The predicted molar refractivity (Wildman–Crippen MR) is 139 cm³/mol. The van der Waals surface area contributed by atoms with E-state index in [1.54, 1.807) is 6.92 Å². The zero-order chi connectivity index (χ0) is 32.7. The van der Waals surface area contributed by atoms with Crippen LogP contribution in [0.4, 0.5) is 24.3 Å². The Balaban J connectivity index is 1.54. The molecule has 2 aromatic heterocycles. The molecule has 3 heterocycles. The number of carbonyl (C=O) groups excluding carboxylic acids is 2. The fourth-order valence-corrected chi connectivity index (χ4v) is 5.41. The van der Waals surface area contributed by atoms with Gasteiger partial charge in [0.25, 0.3) is 5.85 Å². The second-order valence-electron chi connectivity index (χ2n) is 10.1. The molecular weight excluding hydrogens is 623 g/mol. The van der Waals surface area contributed by atoms with Crippen molar-refractivity contribution in [3.05, 3.63) is 6.33 Å². The number of phosphoric ester groups is 1. The van der Waals surface area contributed by atoms with Gasteiger partial charge in [0.2, 0.25) is 25.4 Å². The lowest BCUT2D eigenvalue weighted by Crippen LogP contribution is -2.45.